The normalized spacial score (nSPS) is 13.8. The molecule has 0 radical (unpaired) electrons. The van der Waals surface area contributed by atoms with E-state index in [1.54, 1.807) is 18.5 Å². The molecule has 2 heterocycles. The van der Waals surface area contributed by atoms with Crippen LogP contribution in [-0.2, 0) is 17.8 Å². The van der Waals surface area contributed by atoms with Gasteiger partial charge >= 0.3 is 0 Å². The minimum atomic E-state index is -0.239. The van der Waals surface area contributed by atoms with Crippen LogP contribution in [-0.4, -0.2) is 26.7 Å². The van der Waals surface area contributed by atoms with Gasteiger partial charge in [0.2, 0.25) is 5.91 Å². The predicted octanol–water partition coefficient (Wildman–Crippen LogP) is 1.66. The van der Waals surface area contributed by atoms with Crippen LogP contribution in [0.1, 0.15) is 24.1 Å². The molecule has 0 unspecified atom stereocenters. The Morgan fingerprint density at radius 2 is 1.96 bits per heavy atom. The highest BCUT2D eigenvalue weighted by Crippen LogP contribution is 2.19. The second-order valence-corrected chi connectivity index (χ2v) is 6.33. The van der Waals surface area contributed by atoms with Crippen molar-refractivity contribution >= 4 is 16.7 Å². The van der Waals surface area contributed by atoms with Gasteiger partial charge in [-0.05, 0) is 30.5 Å². The van der Waals surface area contributed by atoms with Gasteiger partial charge in [0.15, 0.2) is 0 Å². The van der Waals surface area contributed by atoms with Gasteiger partial charge in [0.05, 0.1) is 11.1 Å². The molecule has 6 heteroatoms. The molecule has 25 heavy (non-hydrogen) atoms. The molecule has 3 aromatic rings. The fourth-order valence-corrected chi connectivity index (χ4v) is 2.88. The SMILES string of the molecule is O=C(Cn1nc(Cc2cccnc2)c2ccccc2c1=O)NC1CC1. The molecule has 0 aliphatic heterocycles. The number of fused-ring (bicyclic) bond motifs is 1. The maximum Gasteiger partial charge on any atom is 0.275 e. The molecule has 1 aromatic carbocycles. The number of aromatic nitrogens is 3. The third-order valence-electron chi connectivity index (χ3n) is 4.27. The molecule has 126 valence electrons. The Labute approximate surface area is 144 Å². The molecule has 1 aliphatic rings. The van der Waals surface area contributed by atoms with Crippen LogP contribution in [0.25, 0.3) is 10.8 Å². The molecular formula is C19H18N4O2. The van der Waals surface area contributed by atoms with E-state index in [0.717, 1.165) is 29.5 Å². The summed E-state index contributed by atoms with van der Waals surface area (Å²) in [7, 11) is 0. The lowest BCUT2D eigenvalue weighted by atomic mass is 10.1. The number of carbonyl (C=O) groups excluding carboxylic acids is 1. The minimum absolute atomic E-state index is 0.0553. The highest BCUT2D eigenvalue weighted by atomic mass is 16.2. The molecule has 0 saturated heterocycles. The first-order valence-electron chi connectivity index (χ1n) is 8.38. The lowest BCUT2D eigenvalue weighted by Gasteiger charge is -2.11. The Morgan fingerprint density at radius 1 is 1.16 bits per heavy atom. The van der Waals surface area contributed by atoms with Gasteiger partial charge in [-0.1, -0.05) is 24.3 Å². The number of pyridine rings is 1. The second-order valence-electron chi connectivity index (χ2n) is 6.33. The summed E-state index contributed by atoms with van der Waals surface area (Å²) >= 11 is 0. The summed E-state index contributed by atoms with van der Waals surface area (Å²) in [5.74, 6) is -0.167. The van der Waals surface area contributed by atoms with Crippen LogP contribution in [0.3, 0.4) is 0 Å². The fraction of sp³-hybridized carbons (Fsp3) is 0.263. The average molecular weight is 334 g/mol. The topological polar surface area (TPSA) is 76.9 Å². The van der Waals surface area contributed by atoms with Gasteiger partial charge in [-0.25, -0.2) is 4.68 Å². The molecule has 1 amide bonds. The van der Waals surface area contributed by atoms with Crippen molar-refractivity contribution in [2.24, 2.45) is 0 Å². The Morgan fingerprint density at radius 3 is 2.68 bits per heavy atom. The van der Waals surface area contributed by atoms with Crippen LogP contribution in [0.15, 0.2) is 53.6 Å². The van der Waals surface area contributed by atoms with Gasteiger partial charge in [0, 0.05) is 30.2 Å². The van der Waals surface area contributed by atoms with E-state index in [1.165, 1.54) is 4.68 Å². The lowest BCUT2D eigenvalue weighted by Crippen LogP contribution is -2.35. The molecule has 1 fully saturated rings. The Kier molecular flexibility index (Phi) is 4.01. The Bertz CT molecular complexity index is 978. The van der Waals surface area contributed by atoms with Crippen LogP contribution < -0.4 is 10.9 Å². The van der Waals surface area contributed by atoms with Gasteiger partial charge in [-0.15, -0.1) is 0 Å². The zero-order valence-corrected chi connectivity index (χ0v) is 13.7. The molecule has 4 rings (SSSR count). The van der Waals surface area contributed by atoms with E-state index in [2.05, 4.69) is 15.4 Å². The van der Waals surface area contributed by atoms with Gasteiger partial charge < -0.3 is 5.32 Å². The first-order chi connectivity index (χ1) is 12.2. The molecule has 1 N–H and O–H groups in total. The van der Waals surface area contributed by atoms with E-state index in [9.17, 15) is 9.59 Å². The molecule has 1 saturated carbocycles. The standard InChI is InChI=1S/C19H18N4O2/c24-18(21-14-7-8-14)12-23-19(25)16-6-2-1-5-15(16)17(22-23)10-13-4-3-9-20-11-13/h1-6,9,11,14H,7-8,10,12H2,(H,21,24). The number of nitrogens with one attached hydrogen (secondary N) is 1. The number of rotatable bonds is 5. The zero-order chi connectivity index (χ0) is 17.2. The van der Waals surface area contributed by atoms with E-state index < -0.39 is 0 Å². The predicted molar refractivity (Wildman–Crippen MR) is 94.2 cm³/mol. The summed E-state index contributed by atoms with van der Waals surface area (Å²) in [4.78, 5) is 28.9. The van der Waals surface area contributed by atoms with Crippen molar-refractivity contribution < 1.29 is 4.79 Å². The lowest BCUT2D eigenvalue weighted by molar-refractivity contribution is -0.122. The van der Waals surface area contributed by atoms with Crippen LogP contribution in [0, 0.1) is 0 Å². The highest BCUT2D eigenvalue weighted by Gasteiger charge is 2.23. The van der Waals surface area contributed by atoms with E-state index in [1.807, 2.05) is 30.3 Å². The van der Waals surface area contributed by atoms with Crippen molar-refractivity contribution in [1.29, 1.82) is 0 Å². The Balaban J connectivity index is 1.73. The third-order valence-corrected chi connectivity index (χ3v) is 4.27. The molecule has 2 aromatic heterocycles. The van der Waals surface area contributed by atoms with Crippen LogP contribution >= 0.6 is 0 Å². The average Bonchev–Trinajstić information content (AvgIpc) is 3.44. The van der Waals surface area contributed by atoms with Crippen molar-refractivity contribution in [2.45, 2.75) is 31.8 Å². The van der Waals surface area contributed by atoms with Crippen molar-refractivity contribution in [3.05, 3.63) is 70.4 Å². The van der Waals surface area contributed by atoms with Crippen molar-refractivity contribution in [3.63, 3.8) is 0 Å². The largest absolute Gasteiger partial charge is 0.352 e. The smallest absolute Gasteiger partial charge is 0.275 e. The van der Waals surface area contributed by atoms with Gasteiger partial charge in [-0.2, -0.15) is 5.10 Å². The molecule has 0 spiro atoms. The molecule has 0 bridgehead atoms. The Hall–Kier alpha value is -3.02. The monoisotopic (exact) mass is 334 g/mol. The van der Waals surface area contributed by atoms with Gasteiger partial charge in [0.25, 0.3) is 5.56 Å². The number of hydrogen-bond acceptors (Lipinski definition) is 4. The van der Waals surface area contributed by atoms with Crippen molar-refractivity contribution in [1.82, 2.24) is 20.1 Å². The quantitative estimate of drug-likeness (QED) is 0.770. The van der Waals surface area contributed by atoms with Crippen LogP contribution in [0.5, 0.6) is 0 Å². The zero-order valence-electron chi connectivity index (χ0n) is 13.7. The van der Waals surface area contributed by atoms with E-state index in [-0.39, 0.29) is 24.1 Å². The summed E-state index contributed by atoms with van der Waals surface area (Å²) in [6.45, 7) is -0.0553. The number of carbonyl (C=O) groups is 1. The second kappa shape index (κ2) is 6.47. The van der Waals surface area contributed by atoms with Crippen LogP contribution in [0.2, 0.25) is 0 Å². The van der Waals surface area contributed by atoms with Gasteiger partial charge in [0.1, 0.15) is 6.54 Å². The number of amides is 1. The third kappa shape index (κ3) is 3.42. The maximum absolute atomic E-state index is 12.7. The molecule has 1 aliphatic carbocycles. The van der Waals surface area contributed by atoms with Gasteiger partial charge in [-0.3, -0.25) is 14.6 Å². The van der Waals surface area contributed by atoms with E-state index in [0.29, 0.717) is 11.8 Å². The summed E-state index contributed by atoms with van der Waals surface area (Å²) in [6.07, 6.45) is 6.08. The number of nitrogens with zero attached hydrogens (tertiary/aromatic N) is 3. The molecule has 0 atom stereocenters. The molecular weight excluding hydrogens is 316 g/mol. The number of benzene rings is 1. The minimum Gasteiger partial charge on any atom is -0.352 e. The summed E-state index contributed by atoms with van der Waals surface area (Å²) in [5, 5.41) is 8.77. The van der Waals surface area contributed by atoms with Crippen LogP contribution in [0.4, 0.5) is 0 Å². The van der Waals surface area contributed by atoms with E-state index in [4.69, 9.17) is 0 Å². The van der Waals surface area contributed by atoms with Crippen molar-refractivity contribution in [3.8, 4) is 0 Å². The highest BCUT2D eigenvalue weighted by molar-refractivity contribution is 5.84. The summed E-state index contributed by atoms with van der Waals surface area (Å²) in [6, 6.07) is 11.5. The number of hydrogen-bond donors (Lipinski definition) is 1. The first-order valence-corrected chi connectivity index (χ1v) is 8.38. The molecule has 6 nitrogen and oxygen atoms in total. The fourth-order valence-electron chi connectivity index (χ4n) is 2.88. The van der Waals surface area contributed by atoms with E-state index >= 15 is 0 Å². The summed E-state index contributed by atoms with van der Waals surface area (Å²) in [5.41, 5.74) is 1.53. The van der Waals surface area contributed by atoms with Crippen molar-refractivity contribution in [2.75, 3.05) is 0 Å². The first kappa shape index (κ1) is 15.5. The summed E-state index contributed by atoms with van der Waals surface area (Å²) < 4.78 is 1.27. The maximum atomic E-state index is 12.7.